The van der Waals surface area contributed by atoms with Gasteiger partial charge in [-0.3, -0.25) is 4.79 Å². The third-order valence-corrected chi connectivity index (χ3v) is 3.02. The molecule has 1 saturated heterocycles. The van der Waals surface area contributed by atoms with E-state index in [0.29, 0.717) is 0 Å². The van der Waals surface area contributed by atoms with E-state index >= 15 is 0 Å². The lowest BCUT2D eigenvalue weighted by Crippen LogP contribution is -2.44. The van der Waals surface area contributed by atoms with Crippen LogP contribution >= 0.6 is 0 Å². The minimum absolute atomic E-state index is 0.281. The summed E-state index contributed by atoms with van der Waals surface area (Å²) >= 11 is 0. The van der Waals surface area contributed by atoms with E-state index in [2.05, 4.69) is 21.8 Å². The summed E-state index contributed by atoms with van der Waals surface area (Å²) in [6.45, 7) is 4.04. The Morgan fingerprint density at radius 2 is 2.12 bits per heavy atom. The molecule has 2 N–H and O–H groups in total. The van der Waals surface area contributed by atoms with Gasteiger partial charge in [-0.1, -0.05) is 0 Å². The van der Waals surface area contributed by atoms with Crippen LogP contribution in [-0.2, 0) is 11.2 Å². The van der Waals surface area contributed by atoms with Gasteiger partial charge < -0.3 is 15.5 Å². The molecule has 0 aromatic carbocycles. The molecule has 5 nitrogen and oxygen atoms in total. The molecule has 92 valence electrons. The molecule has 0 bridgehead atoms. The maximum absolute atomic E-state index is 10.9. The average Bonchev–Trinajstić information content (AvgIpc) is 2.29. The number of nitrogens with zero attached hydrogens (tertiary/aromatic N) is 3. The largest absolute Gasteiger partial charge is 0.369 e. The number of hydrogen-bond donors (Lipinski definition) is 1. The number of likely N-dealkylation sites (N-methyl/N-ethyl adjacent to an activating group) is 1. The molecular weight excluding hydrogens is 216 g/mol. The molecular formula is C12H18N4O. The molecule has 2 heterocycles. The fourth-order valence-corrected chi connectivity index (χ4v) is 1.98. The third-order valence-electron chi connectivity index (χ3n) is 3.02. The van der Waals surface area contributed by atoms with Crippen molar-refractivity contribution < 1.29 is 4.79 Å². The van der Waals surface area contributed by atoms with Crippen molar-refractivity contribution >= 4 is 11.7 Å². The standard InChI is InChI=1S/C12H18N4O/c1-15-4-6-16(7-5-15)12-9-10(2-3-14-12)8-11(13)17/h2-3,9H,4-8H2,1H3,(H2,13,17). The Bertz CT molecular complexity index is 399. The van der Waals surface area contributed by atoms with Gasteiger partial charge in [0, 0.05) is 32.4 Å². The third kappa shape index (κ3) is 3.17. The Hall–Kier alpha value is -1.62. The Morgan fingerprint density at radius 1 is 1.41 bits per heavy atom. The number of carbonyl (C=O) groups excluding carboxylic acids is 1. The van der Waals surface area contributed by atoms with E-state index in [4.69, 9.17) is 5.73 Å². The minimum Gasteiger partial charge on any atom is -0.369 e. The summed E-state index contributed by atoms with van der Waals surface area (Å²) in [4.78, 5) is 19.8. The number of amides is 1. The lowest BCUT2D eigenvalue weighted by molar-refractivity contribution is -0.117. The summed E-state index contributed by atoms with van der Waals surface area (Å²) in [7, 11) is 2.12. The van der Waals surface area contributed by atoms with Crippen LogP contribution in [0.15, 0.2) is 18.3 Å². The first kappa shape index (κ1) is 11.9. The van der Waals surface area contributed by atoms with Crippen LogP contribution in [-0.4, -0.2) is 49.0 Å². The van der Waals surface area contributed by atoms with Gasteiger partial charge in [-0.15, -0.1) is 0 Å². The highest BCUT2D eigenvalue weighted by Gasteiger charge is 2.15. The van der Waals surface area contributed by atoms with Crippen LogP contribution in [0.3, 0.4) is 0 Å². The van der Waals surface area contributed by atoms with Crippen LogP contribution in [0.4, 0.5) is 5.82 Å². The van der Waals surface area contributed by atoms with E-state index < -0.39 is 0 Å². The minimum atomic E-state index is -0.305. The first-order chi connectivity index (χ1) is 8.15. The van der Waals surface area contributed by atoms with Crippen LogP contribution in [0, 0.1) is 0 Å². The van der Waals surface area contributed by atoms with Gasteiger partial charge in [0.2, 0.25) is 5.91 Å². The number of piperazine rings is 1. The Balaban J connectivity index is 2.07. The molecule has 1 amide bonds. The quantitative estimate of drug-likeness (QED) is 0.791. The SMILES string of the molecule is CN1CCN(c2cc(CC(N)=O)ccn2)CC1. The molecule has 0 saturated carbocycles. The number of hydrogen-bond acceptors (Lipinski definition) is 4. The number of carbonyl (C=O) groups is 1. The van der Waals surface area contributed by atoms with Crippen molar-refractivity contribution in [1.29, 1.82) is 0 Å². The second-order valence-corrected chi connectivity index (χ2v) is 4.46. The highest BCUT2D eigenvalue weighted by atomic mass is 16.1. The molecule has 0 spiro atoms. The maximum Gasteiger partial charge on any atom is 0.221 e. The van der Waals surface area contributed by atoms with E-state index in [1.807, 2.05) is 12.1 Å². The predicted molar refractivity (Wildman–Crippen MR) is 66.8 cm³/mol. The molecule has 1 fully saturated rings. The monoisotopic (exact) mass is 234 g/mol. The molecule has 2 rings (SSSR count). The molecule has 0 radical (unpaired) electrons. The van der Waals surface area contributed by atoms with Crippen molar-refractivity contribution in [2.75, 3.05) is 38.1 Å². The molecule has 1 aliphatic rings. The van der Waals surface area contributed by atoms with Crippen molar-refractivity contribution in [3.63, 3.8) is 0 Å². The van der Waals surface area contributed by atoms with Crippen molar-refractivity contribution in [3.05, 3.63) is 23.9 Å². The maximum atomic E-state index is 10.9. The van der Waals surface area contributed by atoms with Crippen LogP contribution in [0.2, 0.25) is 0 Å². The second-order valence-electron chi connectivity index (χ2n) is 4.46. The van der Waals surface area contributed by atoms with Crippen LogP contribution in [0.1, 0.15) is 5.56 Å². The normalized spacial score (nSPS) is 17.1. The van der Waals surface area contributed by atoms with Gasteiger partial charge in [0.1, 0.15) is 5.82 Å². The van der Waals surface area contributed by atoms with Crippen LogP contribution in [0.5, 0.6) is 0 Å². The van der Waals surface area contributed by atoms with Crippen molar-refractivity contribution in [3.8, 4) is 0 Å². The summed E-state index contributed by atoms with van der Waals surface area (Å²) in [5.74, 6) is 0.636. The van der Waals surface area contributed by atoms with Crippen molar-refractivity contribution in [2.45, 2.75) is 6.42 Å². The summed E-state index contributed by atoms with van der Waals surface area (Å²) in [5.41, 5.74) is 6.12. The number of primary amides is 1. The predicted octanol–water partition coefficient (Wildman–Crippen LogP) is -0.139. The second kappa shape index (κ2) is 5.14. The zero-order chi connectivity index (χ0) is 12.3. The van der Waals surface area contributed by atoms with E-state index in [0.717, 1.165) is 37.6 Å². The topological polar surface area (TPSA) is 62.5 Å². The molecule has 17 heavy (non-hydrogen) atoms. The lowest BCUT2D eigenvalue weighted by atomic mass is 10.2. The van der Waals surface area contributed by atoms with E-state index in [9.17, 15) is 4.79 Å². The highest BCUT2D eigenvalue weighted by molar-refractivity contribution is 5.76. The van der Waals surface area contributed by atoms with E-state index in [-0.39, 0.29) is 12.3 Å². The highest BCUT2D eigenvalue weighted by Crippen LogP contribution is 2.14. The molecule has 0 atom stereocenters. The summed E-state index contributed by atoms with van der Waals surface area (Å²) in [5, 5.41) is 0. The van der Waals surface area contributed by atoms with Crippen LogP contribution < -0.4 is 10.6 Å². The smallest absolute Gasteiger partial charge is 0.221 e. The number of anilines is 1. The molecule has 0 unspecified atom stereocenters. The molecule has 1 aromatic rings. The van der Waals surface area contributed by atoms with Gasteiger partial charge in [0.05, 0.1) is 6.42 Å². The fourth-order valence-electron chi connectivity index (χ4n) is 1.98. The summed E-state index contributed by atoms with van der Waals surface area (Å²) in [6, 6.07) is 3.79. The Kier molecular flexibility index (Phi) is 3.58. The number of aromatic nitrogens is 1. The zero-order valence-corrected chi connectivity index (χ0v) is 10.1. The van der Waals surface area contributed by atoms with Crippen molar-refractivity contribution in [2.24, 2.45) is 5.73 Å². The zero-order valence-electron chi connectivity index (χ0n) is 10.1. The number of nitrogens with two attached hydrogens (primary N) is 1. The molecule has 1 aliphatic heterocycles. The van der Waals surface area contributed by atoms with Crippen LogP contribution in [0.25, 0.3) is 0 Å². The first-order valence-electron chi connectivity index (χ1n) is 5.82. The van der Waals surface area contributed by atoms with Gasteiger partial charge in [-0.2, -0.15) is 0 Å². The van der Waals surface area contributed by atoms with Crippen molar-refractivity contribution in [1.82, 2.24) is 9.88 Å². The molecule has 0 aliphatic carbocycles. The summed E-state index contributed by atoms with van der Waals surface area (Å²) < 4.78 is 0. The first-order valence-corrected chi connectivity index (χ1v) is 5.82. The van der Waals surface area contributed by atoms with Gasteiger partial charge in [-0.25, -0.2) is 4.98 Å². The lowest BCUT2D eigenvalue weighted by Gasteiger charge is -2.33. The van der Waals surface area contributed by atoms with E-state index in [1.165, 1.54) is 0 Å². The van der Waals surface area contributed by atoms with E-state index in [1.54, 1.807) is 6.20 Å². The van der Waals surface area contributed by atoms with Gasteiger partial charge in [0.25, 0.3) is 0 Å². The van der Waals surface area contributed by atoms with Gasteiger partial charge in [0.15, 0.2) is 0 Å². The Morgan fingerprint density at radius 3 is 2.76 bits per heavy atom. The fraction of sp³-hybridized carbons (Fsp3) is 0.500. The summed E-state index contributed by atoms with van der Waals surface area (Å²) in [6.07, 6.45) is 2.02. The van der Waals surface area contributed by atoms with Gasteiger partial charge >= 0.3 is 0 Å². The van der Waals surface area contributed by atoms with Gasteiger partial charge in [-0.05, 0) is 24.7 Å². The molecule has 5 heteroatoms. The Labute approximate surface area is 101 Å². The number of pyridine rings is 1. The number of rotatable bonds is 3. The molecule has 1 aromatic heterocycles. The average molecular weight is 234 g/mol.